The average molecular weight is 328 g/mol. The number of hydrogen-bond acceptors (Lipinski definition) is 4. The third-order valence-corrected chi connectivity index (χ3v) is 3.46. The van der Waals surface area contributed by atoms with Gasteiger partial charge in [-0.05, 0) is 23.3 Å². The molecule has 0 aliphatic carbocycles. The molecule has 0 bridgehead atoms. The highest BCUT2D eigenvalue weighted by atomic mass is 16.5. The summed E-state index contributed by atoms with van der Waals surface area (Å²) < 4.78 is 0. The lowest BCUT2D eigenvalue weighted by atomic mass is 10.1. The highest BCUT2D eigenvalue weighted by Gasteiger charge is 2.20. The fourth-order valence-electron chi connectivity index (χ4n) is 2.19. The summed E-state index contributed by atoms with van der Waals surface area (Å²) in [6, 6.07) is 14.8. The molecule has 1 atom stereocenters. The number of urea groups is 1. The molecule has 1 unspecified atom stereocenters. The second-order valence-electron chi connectivity index (χ2n) is 5.22. The fraction of sp³-hybridized carbons (Fsp3) is 0.176. The third kappa shape index (κ3) is 5.08. The largest absolute Gasteiger partial charge is 0.326 e. The van der Waals surface area contributed by atoms with Crippen LogP contribution in [0, 0.1) is 0 Å². The van der Waals surface area contributed by atoms with Gasteiger partial charge in [0.15, 0.2) is 0 Å². The van der Waals surface area contributed by atoms with Gasteiger partial charge in [-0.1, -0.05) is 42.5 Å². The summed E-state index contributed by atoms with van der Waals surface area (Å²) >= 11 is 0. The van der Waals surface area contributed by atoms with E-state index in [0.717, 1.165) is 11.1 Å². The van der Waals surface area contributed by atoms with Crippen molar-refractivity contribution in [3.63, 3.8) is 0 Å². The van der Waals surface area contributed by atoms with E-state index >= 15 is 0 Å². The van der Waals surface area contributed by atoms with Gasteiger partial charge in [0.05, 0.1) is 0 Å². The maximum Gasteiger partial charge on any atom is 0.319 e. The molecule has 7 heteroatoms. The Labute approximate surface area is 139 Å². The van der Waals surface area contributed by atoms with E-state index in [2.05, 4.69) is 10.6 Å². The van der Waals surface area contributed by atoms with Crippen LogP contribution in [0.5, 0.6) is 0 Å². The van der Waals surface area contributed by atoms with Crippen LogP contribution >= 0.6 is 0 Å². The zero-order valence-electron chi connectivity index (χ0n) is 13.0. The van der Waals surface area contributed by atoms with Crippen molar-refractivity contribution in [2.75, 3.05) is 5.32 Å². The van der Waals surface area contributed by atoms with Gasteiger partial charge in [-0.3, -0.25) is 10.0 Å². The Balaban J connectivity index is 1.99. The van der Waals surface area contributed by atoms with Crippen LogP contribution in [0.15, 0.2) is 54.6 Å². The summed E-state index contributed by atoms with van der Waals surface area (Å²) in [5, 5.41) is 14.0. The van der Waals surface area contributed by atoms with E-state index in [4.69, 9.17) is 10.9 Å². The number of hydrogen-bond donors (Lipinski definition) is 5. The predicted molar refractivity (Wildman–Crippen MR) is 90.4 cm³/mol. The molecule has 3 amide bonds. The van der Waals surface area contributed by atoms with Crippen LogP contribution in [0.25, 0.3) is 0 Å². The van der Waals surface area contributed by atoms with Gasteiger partial charge in [0.25, 0.3) is 5.91 Å². The van der Waals surface area contributed by atoms with Gasteiger partial charge in [0.1, 0.15) is 6.04 Å². The maximum atomic E-state index is 12.1. The first-order chi connectivity index (χ1) is 11.6. The van der Waals surface area contributed by atoms with Crippen LogP contribution < -0.4 is 21.8 Å². The number of carbonyl (C=O) groups is 2. The van der Waals surface area contributed by atoms with Crippen molar-refractivity contribution in [3.05, 3.63) is 65.7 Å². The van der Waals surface area contributed by atoms with E-state index in [-0.39, 0.29) is 6.42 Å². The Morgan fingerprint density at radius 1 is 1.00 bits per heavy atom. The molecule has 0 aliphatic rings. The smallest absolute Gasteiger partial charge is 0.319 e. The molecule has 0 aromatic heterocycles. The summed E-state index contributed by atoms with van der Waals surface area (Å²) in [4.78, 5) is 23.8. The molecule has 2 rings (SSSR count). The zero-order valence-corrected chi connectivity index (χ0v) is 13.0. The number of amides is 3. The van der Waals surface area contributed by atoms with Crippen molar-refractivity contribution in [2.24, 2.45) is 5.73 Å². The maximum absolute atomic E-state index is 12.1. The van der Waals surface area contributed by atoms with Gasteiger partial charge < -0.3 is 16.4 Å². The quantitative estimate of drug-likeness (QED) is 0.407. The molecular formula is C17H20N4O3. The molecule has 0 fully saturated rings. The third-order valence-electron chi connectivity index (χ3n) is 3.46. The van der Waals surface area contributed by atoms with E-state index in [1.807, 2.05) is 30.3 Å². The predicted octanol–water partition coefficient (Wildman–Crippen LogP) is 1.38. The first kappa shape index (κ1) is 17.5. The van der Waals surface area contributed by atoms with Gasteiger partial charge in [-0.15, -0.1) is 0 Å². The molecule has 0 spiro atoms. The molecule has 0 aliphatic heterocycles. The minimum Gasteiger partial charge on any atom is -0.326 e. The lowest BCUT2D eigenvalue weighted by Crippen LogP contribution is -2.48. The highest BCUT2D eigenvalue weighted by molar-refractivity contribution is 5.93. The number of nitrogens with two attached hydrogens (primary N) is 1. The summed E-state index contributed by atoms with van der Waals surface area (Å²) in [7, 11) is 0. The van der Waals surface area contributed by atoms with Gasteiger partial charge in [0, 0.05) is 18.7 Å². The lowest BCUT2D eigenvalue weighted by Gasteiger charge is -2.17. The fourth-order valence-corrected chi connectivity index (χ4v) is 2.19. The topological polar surface area (TPSA) is 116 Å². The summed E-state index contributed by atoms with van der Waals surface area (Å²) in [6.45, 7) is 0.419. The van der Waals surface area contributed by atoms with Crippen molar-refractivity contribution >= 4 is 17.6 Å². The molecule has 0 saturated heterocycles. The van der Waals surface area contributed by atoms with Crippen molar-refractivity contribution in [3.8, 4) is 0 Å². The van der Waals surface area contributed by atoms with Crippen LogP contribution in [0.1, 0.15) is 11.1 Å². The molecule has 6 N–H and O–H groups in total. The SMILES string of the molecule is NCc1ccc(NC(=O)NC(Cc2ccccc2)C(=O)NO)cc1. The molecular weight excluding hydrogens is 308 g/mol. The number of rotatable bonds is 6. The van der Waals surface area contributed by atoms with E-state index in [1.165, 1.54) is 0 Å². The first-order valence-corrected chi connectivity index (χ1v) is 7.46. The van der Waals surface area contributed by atoms with E-state index in [0.29, 0.717) is 12.2 Å². The van der Waals surface area contributed by atoms with Gasteiger partial charge in [0.2, 0.25) is 0 Å². The van der Waals surface area contributed by atoms with Crippen LogP contribution in [0.2, 0.25) is 0 Å². The number of benzene rings is 2. The summed E-state index contributed by atoms with van der Waals surface area (Å²) in [5.74, 6) is -0.688. The minimum atomic E-state index is -0.902. The molecule has 2 aromatic rings. The lowest BCUT2D eigenvalue weighted by molar-refractivity contribution is -0.131. The monoisotopic (exact) mass is 328 g/mol. The number of anilines is 1. The number of carbonyl (C=O) groups excluding carboxylic acids is 2. The highest BCUT2D eigenvalue weighted by Crippen LogP contribution is 2.09. The Morgan fingerprint density at radius 3 is 2.25 bits per heavy atom. The molecule has 126 valence electrons. The first-order valence-electron chi connectivity index (χ1n) is 7.46. The molecule has 2 aromatic carbocycles. The van der Waals surface area contributed by atoms with E-state index < -0.39 is 18.0 Å². The number of nitrogens with one attached hydrogen (secondary N) is 3. The number of hydroxylamine groups is 1. The van der Waals surface area contributed by atoms with E-state index in [1.54, 1.807) is 29.7 Å². The Kier molecular flexibility index (Phi) is 6.30. The van der Waals surface area contributed by atoms with Crippen LogP contribution in [0.4, 0.5) is 10.5 Å². The minimum absolute atomic E-state index is 0.257. The van der Waals surface area contributed by atoms with Crippen LogP contribution in [-0.2, 0) is 17.8 Å². The average Bonchev–Trinajstić information content (AvgIpc) is 2.62. The molecule has 0 heterocycles. The standard InChI is InChI=1S/C17H20N4O3/c18-11-13-6-8-14(9-7-13)19-17(23)20-15(16(22)21-24)10-12-4-2-1-3-5-12/h1-9,15,24H,10-11,18H2,(H,21,22)(H2,19,20,23). The van der Waals surface area contributed by atoms with Gasteiger partial charge in [-0.25, -0.2) is 10.3 Å². The van der Waals surface area contributed by atoms with E-state index in [9.17, 15) is 9.59 Å². The Hall–Kier alpha value is -2.90. The second-order valence-corrected chi connectivity index (χ2v) is 5.22. The van der Waals surface area contributed by atoms with Gasteiger partial charge in [-0.2, -0.15) is 0 Å². The van der Waals surface area contributed by atoms with Gasteiger partial charge >= 0.3 is 6.03 Å². The molecule has 24 heavy (non-hydrogen) atoms. The second kappa shape index (κ2) is 8.66. The van der Waals surface area contributed by atoms with Crippen molar-refractivity contribution < 1.29 is 14.8 Å². The van der Waals surface area contributed by atoms with Crippen molar-refractivity contribution in [2.45, 2.75) is 19.0 Å². The molecule has 0 radical (unpaired) electrons. The molecule has 7 nitrogen and oxygen atoms in total. The van der Waals surface area contributed by atoms with Crippen LogP contribution in [-0.4, -0.2) is 23.2 Å². The summed E-state index contributed by atoms with van der Waals surface area (Å²) in [6.07, 6.45) is 0.257. The zero-order chi connectivity index (χ0) is 17.4. The van der Waals surface area contributed by atoms with Crippen LogP contribution in [0.3, 0.4) is 0 Å². The van der Waals surface area contributed by atoms with Crippen molar-refractivity contribution in [1.29, 1.82) is 0 Å². The Bertz CT molecular complexity index is 674. The Morgan fingerprint density at radius 2 is 1.67 bits per heavy atom. The molecule has 0 saturated carbocycles. The summed E-state index contributed by atoms with van der Waals surface area (Å²) in [5.41, 5.74) is 9.48. The van der Waals surface area contributed by atoms with Crippen molar-refractivity contribution in [1.82, 2.24) is 10.8 Å². The normalized spacial score (nSPS) is 11.4.